The molecule has 5 heterocycles. The summed E-state index contributed by atoms with van der Waals surface area (Å²) in [6.07, 6.45) is 3.39. The van der Waals surface area contributed by atoms with Gasteiger partial charge in [0.15, 0.2) is 5.16 Å². The molecule has 0 spiro atoms. The number of nitrogens with zero attached hydrogens (tertiary/aromatic N) is 7. The van der Waals surface area contributed by atoms with Gasteiger partial charge in [-0.05, 0) is 61.1 Å². The summed E-state index contributed by atoms with van der Waals surface area (Å²) in [5.41, 5.74) is 6.63. The Hall–Kier alpha value is -4.74. The fraction of sp³-hybridized carbons (Fsp3) is 0.242. The molecule has 2 aliphatic rings. The number of aromatic nitrogens is 5. The van der Waals surface area contributed by atoms with Crippen molar-refractivity contribution in [1.82, 2.24) is 29.4 Å². The van der Waals surface area contributed by atoms with Crippen molar-refractivity contribution in [3.8, 4) is 22.6 Å². The fourth-order valence-corrected chi connectivity index (χ4v) is 6.58. The first-order chi connectivity index (χ1) is 21.6. The first-order valence-electron chi connectivity index (χ1n) is 14.9. The standard InChI is InChI=1S/C33H33N9OS/c1-2-40-16-18-41(19-17-40)26-11-9-24(10-12-26)37-32-35-15-13-27(38-32)30-29(39-33-42(30)20-21-44-33)23-6-5-7-25(22-23)36-31(43)28-8-3-4-14-34-28/h3-15,22H,2,16-21H2,1H3,(H,36,43)(H,35,37,38). The van der Waals surface area contributed by atoms with Crippen molar-refractivity contribution in [1.29, 1.82) is 0 Å². The number of piperazine rings is 1. The van der Waals surface area contributed by atoms with Gasteiger partial charge < -0.3 is 25.0 Å². The number of pyridine rings is 1. The molecule has 1 amide bonds. The minimum atomic E-state index is -0.260. The van der Waals surface area contributed by atoms with E-state index >= 15 is 0 Å². The molecule has 0 radical (unpaired) electrons. The van der Waals surface area contributed by atoms with Crippen LogP contribution in [0.5, 0.6) is 0 Å². The molecule has 0 unspecified atom stereocenters. The number of carbonyl (C=O) groups excluding carboxylic acids is 1. The van der Waals surface area contributed by atoms with Gasteiger partial charge in [0, 0.05) is 73.5 Å². The minimum Gasteiger partial charge on any atom is -0.369 e. The van der Waals surface area contributed by atoms with E-state index in [1.54, 1.807) is 42.4 Å². The number of thioether (sulfide) groups is 1. The third-order valence-corrected chi connectivity index (χ3v) is 8.93. The van der Waals surface area contributed by atoms with E-state index in [2.05, 4.69) is 66.2 Å². The van der Waals surface area contributed by atoms with Crippen molar-refractivity contribution in [3.63, 3.8) is 0 Å². The number of nitrogens with one attached hydrogen (secondary N) is 2. The van der Waals surface area contributed by atoms with Crippen LogP contribution in [0.1, 0.15) is 17.4 Å². The van der Waals surface area contributed by atoms with Gasteiger partial charge in [-0.15, -0.1) is 0 Å². The third-order valence-electron chi connectivity index (χ3n) is 7.98. The highest BCUT2D eigenvalue weighted by Crippen LogP contribution is 2.39. The molecule has 10 nitrogen and oxygen atoms in total. The second-order valence-electron chi connectivity index (χ2n) is 10.7. The van der Waals surface area contributed by atoms with Crippen molar-refractivity contribution < 1.29 is 4.79 Å². The number of benzene rings is 2. The lowest BCUT2D eigenvalue weighted by Crippen LogP contribution is -2.46. The van der Waals surface area contributed by atoms with Crippen LogP contribution in [-0.4, -0.2) is 73.8 Å². The number of carbonyl (C=O) groups is 1. The zero-order valence-corrected chi connectivity index (χ0v) is 25.3. The van der Waals surface area contributed by atoms with Crippen LogP contribution in [0.15, 0.2) is 90.3 Å². The minimum absolute atomic E-state index is 0.260. The van der Waals surface area contributed by atoms with E-state index in [-0.39, 0.29) is 5.91 Å². The van der Waals surface area contributed by atoms with Crippen LogP contribution in [0.2, 0.25) is 0 Å². The van der Waals surface area contributed by atoms with Crippen molar-refractivity contribution in [2.24, 2.45) is 0 Å². The molecular formula is C33H33N9OS. The van der Waals surface area contributed by atoms with Gasteiger partial charge in [0.2, 0.25) is 5.95 Å². The first kappa shape index (κ1) is 28.1. The van der Waals surface area contributed by atoms with Crippen molar-refractivity contribution in [2.75, 3.05) is 54.0 Å². The average molecular weight is 604 g/mol. The maximum absolute atomic E-state index is 12.7. The third kappa shape index (κ3) is 5.88. The normalized spacial score (nSPS) is 14.8. The predicted molar refractivity (Wildman–Crippen MR) is 176 cm³/mol. The molecule has 2 aliphatic heterocycles. The molecule has 0 aliphatic carbocycles. The summed E-state index contributed by atoms with van der Waals surface area (Å²) in [6.45, 7) is 8.45. The number of amides is 1. The molecule has 0 bridgehead atoms. The van der Waals surface area contributed by atoms with Gasteiger partial charge >= 0.3 is 0 Å². The molecule has 0 saturated carbocycles. The Morgan fingerprint density at radius 2 is 1.73 bits per heavy atom. The van der Waals surface area contributed by atoms with E-state index in [1.165, 1.54) is 5.69 Å². The Morgan fingerprint density at radius 1 is 0.864 bits per heavy atom. The highest BCUT2D eigenvalue weighted by Gasteiger charge is 2.25. The summed E-state index contributed by atoms with van der Waals surface area (Å²) in [4.78, 5) is 36.3. The summed E-state index contributed by atoms with van der Waals surface area (Å²) in [5.74, 6) is 1.23. The smallest absolute Gasteiger partial charge is 0.274 e. The summed E-state index contributed by atoms with van der Waals surface area (Å²) in [7, 11) is 0. The lowest BCUT2D eigenvalue weighted by molar-refractivity contribution is 0.102. The Balaban J connectivity index is 1.13. The van der Waals surface area contributed by atoms with E-state index < -0.39 is 0 Å². The SMILES string of the molecule is CCN1CCN(c2ccc(Nc3nccc(-c4c(-c5cccc(NC(=O)c6ccccn6)c5)nc5n4CCS5)n3)cc2)CC1. The summed E-state index contributed by atoms with van der Waals surface area (Å²) < 4.78 is 2.22. The molecule has 5 aromatic rings. The van der Waals surface area contributed by atoms with Gasteiger partial charge in [-0.25, -0.2) is 15.0 Å². The molecule has 1 saturated heterocycles. The van der Waals surface area contributed by atoms with Crippen molar-refractivity contribution in [3.05, 3.63) is 90.9 Å². The lowest BCUT2D eigenvalue weighted by atomic mass is 10.1. The van der Waals surface area contributed by atoms with Crippen LogP contribution in [0.4, 0.5) is 23.0 Å². The van der Waals surface area contributed by atoms with Crippen LogP contribution < -0.4 is 15.5 Å². The Morgan fingerprint density at radius 3 is 2.52 bits per heavy atom. The van der Waals surface area contributed by atoms with E-state index in [1.807, 2.05) is 30.3 Å². The maximum atomic E-state index is 12.7. The predicted octanol–water partition coefficient (Wildman–Crippen LogP) is 5.65. The summed E-state index contributed by atoms with van der Waals surface area (Å²) in [5, 5.41) is 7.31. The van der Waals surface area contributed by atoms with E-state index in [9.17, 15) is 4.79 Å². The topological polar surface area (TPSA) is 104 Å². The molecule has 1 fully saturated rings. The van der Waals surface area contributed by atoms with Gasteiger partial charge in [0.05, 0.1) is 17.1 Å². The van der Waals surface area contributed by atoms with Gasteiger partial charge in [0.1, 0.15) is 5.69 Å². The number of hydrogen-bond acceptors (Lipinski definition) is 9. The van der Waals surface area contributed by atoms with E-state index in [0.717, 1.165) is 78.5 Å². The highest BCUT2D eigenvalue weighted by molar-refractivity contribution is 7.99. The molecule has 2 N–H and O–H groups in total. The molecule has 44 heavy (non-hydrogen) atoms. The first-order valence-corrected chi connectivity index (χ1v) is 15.9. The Kier molecular flexibility index (Phi) is 7.95. The molecule has 0 atom stereocenters. The quantitative estimate of drug-likeness (QED) is 0.233. The van der Waals surface area contributed by atoms with Crippen LogP contribution >= 0.6 is 11.8 Å². The van der Waals surface area contributed by atoms with Gasteiger partial charge in [-0.2, -0.15) is 0 Å². The molecular weight excluding hydrogens is 570 g/mol. The second kappa shape index (κ2) is 12.5. The second-order valence-corrected chi connectivity index (χ2v) is 11.8. The Bertz CT molecular complexity index is 1770. The number of likely N-dealkylation sites (N-methyl/N-ethyl adjacent to an activating group) is 1. The van der Waals surface area contributed by atoms with Crippen molar-refractivity contribution >= 4 is 40.7 Å². The molecule has 7 rings (SSSR count). The highest BCUT2D eigenvalue weighted by atomic mass is 32.2. The fourth-order valence-electron chi connectivity index (χ4n) is 5.63. The zero-order valence-electron chi connectivity index (χ0n) is 24.5. The van der Waals surface area contributed by atoms with E-state index in [0.29, 0.717) is 17.3 Å². The van der Waals surface area contributed by atoms with Crippen LogP contribution in [0, 0.1) is 0 Å². The molecule has 222 valence electrons. The summed E-state index contributed by atoms with van der Waals surface area (Å²) >= 11 is 1.73. The number of hydrogen-bond donors (Lipinski definition) is 2. The monoisotopic (exact) mass is 603 g/mol. The Labute approximate surface area is 260 Å². The lowest BCUT2D eigenvalue weighted by Gasteiger charge is -2.35. The van der Waals surface area contributed by atoms with Gasteiger partial charge in [0.25, 0.3) is 5.91 Å². The number of rotatable bonds is 8. The van der Waals surface area contributed by atoms with Crippen molar-refractivity contribution in [2.45, 2.75) is 18.6 Å². The van der Waals surface area contributed by atoms with Gasteiger partial charge in [-0.1, -0.05) is 36.9 Å². The maximum Gasteiger partial charge on any atom is 0.274 e. The van der Waals surface area contributed by atoms with Crippen LogP contribution in [0.25, 0.3) is 22.6 Å². The zero-order chi connectivity index (χ0) is 29.9. The molecule has 3 aromatic heterocycles. The van der Waals surface area contributed by atoms with Gasteiger partial charge in [-0.3, -0.25) is 9.78 Å². The van der Waals surface area contributed by atoms with Crippen LogP contribution in [0.3, 0.4) is 0 Å². The number of anilines is 4. The van der Waals surface area contributed by atoms with E-state index in [4.69, 9.17) is 9.97 Å². The summed E-state index contributed by atoms with van der Waals surface area (Å²) in [6, 6.07) is 23.4. The largest absolute Gasteiger partial charge is 0.369 e. The van der Waals surface area contributed by atoms with Crippen LogP contribution in [-0.2, 0) is 6.54 Å². The molecule has 11 heteroatoms. The average Bonchev–Trinajstić information content (AvgIpc) is 3.68. The number of imidazole rings is 1. The molecule has 2 aromatic carbocycles. The number of fused-ring (bicyclic) bond motifs is 1.